The average Bonchev–Trinajstić information content (AvgIpc) is 2.16. The molecule has 0 aromatic carbocycles. The second kappa shape index (κ2) is 4.55. The van der Waals surface area contributed by atoms with Gasteiger partial charge in [-0.2, -0.15) is 0 Å². The normalized spacial score (nSPS) is 27.1. The summed E-state index contributed by atoms with van der Waals surface area (Å²) in [5, 5.41) is 17.6. The van der Waals surface area contributed by atoms with Gasteiger partial charge in [0.1, 0.15) is 6.04 Å². The summed E-state index contributed by atoms with van der Waals surface area (Å²) in [6, 6.07) is -0.502. The van der Waals surface area contributed by atoms with Crippen molar-refractivity contribution in [1.29, 1.82) is 0 Å². The Bertz CT molecular complexity index is 185. The number of aliphatic hydroxyl groups is 1. The van der Waals surface area contributed by atoms with Crippen molar-refractivity contribution in [3.8, 4) is 0 Å². The number of hydrogen-bond donors (Lipinski definition) is 2. The van der Waals surface area contributed by atoms with Crippen molar-refractivity contribution in [2.45, 2.75) is 19.1 Å². The van der Waals surface area contributed by atoms with Crippen LogP contribution in [0.15, 0.2) is 0 Å². The molecule has 1 aliphatic heterocycles. The van der Waals surface area contributed by atoms with E-state index in [-0.39, 0.29) is 12.7 Å². The van der Waals surface area contributed by atoms with Crippen molar-refractivity contribution < 1.29 is 19.7 Å². The third-order valence-electron chi connectivity index (χ3n) is 2.28. The summed E-state index contributed by atoms with van der Waals surface area (Å²) in [5.74, 6) is -0.835. The van der Waals surface area contributed by atoms with Gasteiger partial charge in [-0.3, -0.25) is 9.69 Å². The molecule has 1 heterocycles. The molecule has 13 heavy (non-hydrogen) atoms. The van der Waals surface area contributed by atoms with E-state index in [0.717, 1.165) is 0 Å². The predicted octanol–water partition coefficient (Wildman–Crippen LogP) is -0.847. The molecule has 0 amide bonds. The summed E-state index contributed by atoms with van der Waals surface area (Å²) in [7, 11) is 0. The van der Waals surface area contributed by atoms with Crippen LogP contribution in [-0.4, -0.2) is 59.5 Å². The number of carboxylic acid groups (broad SMARTS) is 1. The van der Waals surface area contributed by atoms with E-state index in [1.165, 1.54) is 0 Å². The standard InChI is InChI=1S/C8H15NO4/c1-6(8(11)12)9-2-3-13-7(4-9)5-10/h6-7,10H,2-5H2,1H3,(H,11,12). The number of carbonyl (C=O) groups is 1. The number of carboxylic acids is 1. The summed E-state index contributed by atoms with van der Waals surface area (Å²) < 4.78 is 5.20. The Hall–Kier alpha value is -0.650. The quantitative estimate of drug-likeness (QED) is 0.605. The van der Waals surface area contributed by atoms with E-state index >= 15 is 0 Å². The first kappa shape index (κ1) is 10.4. The van der Waals surface area contributed by atoms with Crippen LogP contribution in [0, 0.1) is 0 Å². The Labute approximate surface area is 76.9 Å². The molecule has 0 bridgehead atoms. The zero-order valence-corrected chi connectivity index (χ0v) is 7.64. The molecule has 5 nitrogen and oxygen atoms in total. The minimum Gasteiger partial charge on any atom is -0.480 e. The second-order valence-corrected chi connectivity index (χ2v) is 3.18. The Morgan fingerprint density at radius 2 is 2.46 bits per heavy atom. The van der Waals surface area contributed by atoms with Gasteiger partial charge < -0.3 is 14.9 Å². The van der Waals surface area contributed by atoms with Crippen LogP contribution in [0.2, 0.25) is 0 Å². The second-order valence-electron chi connectivity index (χ2n) is 3.18. The highest BCUT2D eigenvalue weighted by molar-refractivity contribution is 5.72. The van der Waals surface area contributed by atoms with E-state index in [2.05, 4.69) is 0 Å². The number of aliphatic hydroxyl groups excluding tert-OH is 1. The molecule has 0 spiro atoms. The van der Waals surface area contributed by atoms with Gasteiger partial charge in [-0.25, -0.2) is 0 Å². The number of aliphatic carboxylic acids is 1. The lowest BCUT2D eigenvalue weighted by molar-refractivity contribution is -0.146. The van der Waals surface area contributed by atoms with Gasteiger partial charge in [0, 0.05) is 13.1 Å². The van der Waals surface area contributed by atoms with E-state index in [1.807, 2.05) is 0 Å². The summed E-state index contributed by atoms with van der Waals surface area (Å²) in [6.07, 6.45) is -0.240. The number of ether oxygens (including phenoxy) is 1. The fourth-order valence-corrected chi connectivity index (χ4v) is 1.36. The van der Waals surface area contributed by atoms with Crippen molar-refractivity contribution in [1.82, 2.24) is 4.90 Å². The Kier molecular flexibility index (Phi) is 3.65. The predicted molar refractivity (Wildman–Crippen MR) is 45.5 cm³/mol. The molecule has 1 saturated heterocycles. The summed E-state index contributed by atoms with van der Waals surface area (Å²) >= 11 is 0. The van der Waals surface area contributed by atoms with Crippen molar-refractivity contribution in [2.24, 2.45) is 0 Å². The maximum atomic E-state index is 10.6. The molecule has 2 N–H and O–H groups in total. The van der Waals surface area contributed by atoms with Gasteiger partial charge in [0.15, 0.2) is 0 Å². The third kappa shape index (κ3) is 2.65. The Morgan fingerprint density at radius 1 is 1.77 bits per heavy atom. The minimum atomic E-state index is -0.835. The molecule has 0 radical (unpaired) electrons. The van der Waals surface area contributed by atoms with Crippen LogP contribution in [0.4, 0.5) is 0 Å². The topological polar surface area (TPSA) is 70.0 Å². The van der Waals surface area contributed by atoms with E-state index < -0.39 is 12.0 Å². The van der Waals surface area contributed by atoms with Crippen LogP contribution in [0.3, 0.4) is 0 Å². The molecular formula is C8H15NO4. The molecule has 2 atom stereocenters. The van der Waals surface area contributed by atoms with Gasteiger partial charge in [-0.15, -0.1) is 0 Å². The van der Waals surface area contributed by atoms with Crippen molar-refractivity contribution in [2.75, 3.05) is 26.3 Å². The molecule has 0 aromatic heterocycles. The Balaban J connectivity index is 2.46. The molecule has 1 aliphatic rings. The highest BCUT2D eigenvalue weighted by atomic mass is 16.5. The zero-order valence-electron chi connectivity index (χ0n) is 7.64. The van der Waals surface area contributed by atoms with E-state index in [4.69, 9.17) is 14.9 Å². The largest absolute Gasteiger partial charge is 0.480 e. The minimum absolute atomic E-state index is 0.0527. The number of morpholine rings is 1. The van der Waals surface area contributed by atoms with Gasteiger partial charge in [0.2, 0.25) is 0 Å². The van der Waals surface area contributed by atoms with Crippen LogP contribution in [0.25, 0.3) is 0 Å². The fraction of sp³-hybridized carbons (Fsp3) is 0.875. The molecule has 2 unspecified atom stereocenters. The van der Waals surface area contributed by atoms with E-state index in [0.29, 0.717) is 19.7 Å². The SMILES string of the molecule is CC(C(=O)O)N1CCOC(CO)C1. The third-order valence-corrected chi connectivity index (χ3v) is 2.28. The number of hydrogen-bond acceptors (Lipinski definition) is 4. The number of nitrogens with zero attached hydrogens (tertiary/aromatic N) is 1. The summed E-state index contributed by atoms with van der Waals surface area (Å²) in [4.78, 5) is 12.4. The van der Waals surface area contributed by atoms with Crippen LogP contribution in [-0.2, 0) is 9.53 Å². The Morgan fingerprint density at radius 3 is 3.00 bits per heavy atom. The monoisotopic (exact) mass is 189 g/mol. The molecule has 1 rings (SSSR count). The van der Waals surface area contributed by atoms with Crippen LogP contribution >= 0.6 is 0 Å². The lowest BCUT2D eigenvalue weighted by atomic mass is 10.2. The smallest absolute Gasteiger partial charge is 0.320 e. The van der Waals surface area contributed by atoms with Crippen molar-refractivity contribution in [3.05, 3.63) is 0 Å². The van der Waals surface area contributed by atoms with Gasteiger partial charge in [-0.05, 0) is 6.92 Å². The summed E-state index contributed by atoms with van der Waals surface area (Å²) in [5.41, 5.74) is 0. The first-order chi connectivity index (χ1) is 6.15. The molecule has 0 saturated carbocycles. The summed E-state index contributed by atoms with van der Waals surface area (Å²) in [6.45, 7) is 3.18. The van der Waals surface area contributed by atoms with E-state index in [9.17, 15) is 4.79 Å². The highest BCUT2D eigenvalue weighted by Crippen LogP contribution is 2.08. The molecule has 0 aromatic rings. The molecule has 1 fully saturated rings. The fourth-order valence-electron chi connectivity index (χ4n) is 1.36. The molecule has 76 valence electrons. The van der Waals surface area contributed by atoms with Gasteiger partial charge in [-0.1, -0.05) is 0 Å². The van der Waals surface area contributed by atoms with Gasteiger partial charge in [0.05, 0.1) is 19.3 Å². The van der Waals surface area contributed by atoms with Gasteiger partial charge in [0.25, 0.3) is 0 Å². The molecule has 5 heteroatoms. The average molecular weight is 189 g/mol. The van der Waals surface area contributed by atoms with Crippen LogP contribution in [0.1, 0.15) is 6.92 Å². The van der Waals surface area contributed by atoms with E-state index in [1.54, 1.807) is 11.8 Å². The zero-order chi connectivity index (χ0) is 9.84. The number of rotatable bonds is 3. The van der Waals surface area contributed by atoms with Crippen LogP contribution < -0.4 is 0 Å². The van der Waals surface area contributed by atoms with Gasteiger partial charge >= 0.3 is 5.97 Å². The molecule has 0 aliphatic carbocycles. The first-order valence-corrected chi connectivity index (χ1v) is 4.34. The lowest BCUT2D eigenvalue weighted by Crippen LogP contribution is -2.50. The lowest BCUT2D eigenvalue weighted by Gasteiger charge is -2.34. The maximum absolute atomic E-state index is 10.6. The van der Waals surface area contributed by atoms with Crippen LogP contribution in [0.5, 0.6) is 0 Å². The maximum Gasteiger partial charge on any atom is 0.320 e. The highest BCUT2D eigenvalue weighted by Gasteiger charge is 2.26. The first-order valence-electron chi connectivity index (χ1n) is 4.34. The van der Waals surface area contributed by atoms with Crippen molar-refractivity contribution >= 4 is 5.97 Å². The van der Waals surface area contributed by atoms with Crippen molar-refractivity contribution in [3.63, 3.8) is 0 Å². The molecular weight excluding hydrogens is 174 g/mol.